The van der Waals surface area contributed by atoms with E-state index in [4.69, 9.17) is 5.73 Å². The highest BCUT2D eigenvalue weighted by Gasteiger charge is 2.16. The highest BCUT2D eigenvalue weighted by atomic mass is 32.2. The van der Waals surface area contributed by atoms with E-state index in [9.17, 15) is 4.79 Å². The number of thioether (sulfide) groups is 1. The van der Waals surface area contributed by atoms with Crippen molar-refractivity contribution in [2.24, 2.45) is 5.73 Å². The van der Waals surface area contributed by atoms with Gasteiger partial charge in [0.05, 0.1) is 6.04 Å². The Morgan fingerprint density at radius 1 is 1.42 bits per heavy atom. The van der Waals surface area contributed by atoms with Gasteiger partial charge in [-0.05, 0) is 42.4 Å². The lowest BCUT2D eigenvalue weighted by atomic mass is 9.98. The van der Waals surface area contributed by atoms with E-state index in [1.807, 2.05) is 25.3 Å². The number of hydrogen-bond donors (Lipinski definition) is 2. The fraction of sp³-hybridized carbons (Fsp3) is 0.533. The molecule has 1 aromatic rings. The Bertz CT molecular complexity index is 432. The van der Waals surface area contributed by atoms with Crippen LogP contribution in [0.15, 0.2) is 18.2 Å². The predicted molar refractivity (Wildman–Crippen MR) is 84.9 cm³/mol. The van der Waals surface area contributed by atoms with Crippen LogP contribution in [0.3, 0.4) is 0 Å². The van der Waals surface area contributed by atoms with Gasteiger partial charge in [0.15, 0.2) is 0 Å². The fourth-order valence-electron chi connectivity index (χ4n) is 1.93. The monoisotopic (exact) mass is 280 g/mol. The molecule has 0 aromatic heterocycles. The number of nitrogens with two attached hydrogens (primary N) is 1. The van der Waals surface area contributed by atoms with Gasteiger partial charge in [-0.15, -0.1) is 0 Å². The Morgan fingerprint density at radius 2 is 2.11 bits per heavy atom. The maximum absolute atomic E-state index is 12.1. The van der Waals surface area contributed by atoms with Crippen LogP contribution in [-0.2, 0) is 4.79 Å². The van der Waals surface area contributed by atoms with Gasteiger partial charge in [0, 0.05) is 5.69 Å². The van der Waals surface area contributed by atoms with E-state index in [-0.39, 0.29) is 5.91 Å². The third-order valence-electron chi connectivity index (χ3n) is 3.14. The number of benzene rings is 1. The molecule has 0 saturated heterocycles. The van der Waals surface area contributed by atoms with Crippen molar-refractivity contribution in [3.63, 3.8) is 0 Å². The molecule has 0 aliphatic carbocycles. The number of nitrogens with one attached hydrogen (secondary N) is 1. The van der Waals surface area contributed by atoms with Crippen molar-refractivity contribution >= 4 is 23.4 Å². The first-order valence-corrected chi connectivity index (χ1v) is 8.01. The fourth-order valence-corrected chi connectivity index (χ4v) is 2.42. The number of para-hydroxylation sites is 1. The normalized spacial score (nSPS) is 12.5. The predicted octanol–water partition coefficient (Wildman–Crippen LogP) is 3.14. The molecular weight excluding hydrogens is 256 g/mol. The van der Waals surface area contributed by atoms with E-state index in [1.54, 1.807) is 11.8 Å². The highest BCUT2D eigenvalue weighted by molar-refractivity contribution is 7.98. The van der Waals surface area contributed by atoms with Crippen LogP contribution in [0.4, 0.5) is 5.69 Å². The van der Waals surface area contributed by atoms with Crippen LogP contribution in [0.5, 0.6) is 0 Å². The van der Waals surface area contributed by atoms with Crippen molar-refractivity contribution in [3.05, 3.63) is 29.3 Å². The summed E-state index contributed by atoms with van der Waals surface area (Å²) in [7, 11) is 0. The van der Waals surface area contributed by atoms with Gasteiger partial charge in [-0.1, -0.05) is 32.0 Å². The number of aryl methyl sites for hydroxylation is 1. The molecule has 0 aliphatic heterocycles. The molecular formula is C15H24N2OS. The van der Waals surface area contributed by atoms with E-state index in [0.29, 0.717) is 12.3 Å². The zero-order chi connectivity index (χ0) is 14.4. The van der Waals surface area contributed by atoms with Crippen molar-refractivity contribution in [3.8, 4) is 0 Å². The summed E-state index contributed by atoms with van der Waals surface area (Å²) in [6, 6.07) is 5.65. The van der Waals surface area contributed by atoms with E-state index >= 15 is 0 Å². The lowest BCUT2D eigenvalue weighted by Crippen LogP contribution is -2.36. The molecule has 0 unspecified atom stereocenters. The van der Waals surface area contributed by atoms with Crippen LogP contribution >= 0.6 is 11.8 Å². The Balaban J connectivity index is 2.84. The summed E-state index contributed by atoms with van der Waals surface area (Å²) in [5.74, 6) is 1.18. The van der Waals surface area contributed by atoms with E-state index in [1.165, 1.54) is 0 Å². The summed E-state index contributed by atoms with van der Waals surface area (Å²) in [5.41, 5.74) is 9.06. The third-order valence-corrected chi connectivity index (χ3v) is 3.79. The molecule has 3 N–H and O–H groups in total. The molecule has 0 spiro atoms. The van der Waals surface area contributed by atoms with Crippen molar-refractivity contribution in [1.29, 1.82) is 0 Å². The minimum Gasteiger partial charge on any atom is -0.324 e. The molecule has 19 heavy (non-hydrogen) atoms. The Labute approximate surface area is 120 Å². The molecule has 1 atom stereocenters. The minimum atomic E-state index is -0.438. The number of anilines is 1. The third kappa shape index (κ3) is 4.55. The summed E-state index contributed by atoms with van der Waals surface area (Å²) in [4.78, 5) is 12.1. The van der Waals surface area contributed by atoms with Crippen LogP contribution in [0, 0.1) is 6.92 Å². The number of hydrogen-bond acceptors (Lipinski definition) is 3. The molecule has 1 rings (SSSR count). The van der Waals surface area contributed by atoms with Crippen LogP contribution in [0.1, 0.15) is 37.3 Å². The standard InChI is InChI=1S/C15H24N2OS/c1-10(2)12-7-5-6-11(3)14(12)17-15(18)13(16)8-9-19-4/h5-7,10,13H,8-9,16H2,1-4H3,(H,17,18)/t13-/m0/s1. The molecule has 4 heteroatoms. The number of amides is 1. The second-order valence-corrected chi connectivity index (χ2v) is 6.06. The van der Waals surface area contributed by atoms with E-state index < -0.39 is 6.04 Å². The largest absolute Gasteiger partial charge is 0.324 e. The molecule has 0 bridgehead atoms. The van der Waals surface area contributed by atoms with Crippen molar-refractivity contribution in [2.45, 2.75) is 39.2 Å². The van der Waals surface area contributed by atoms with Gasteiger partial charge < -0.3 is 11.1 Å². The topological polar surface area (TPSA) is 55.1 Å². The van der Waals surface area contributed by atoms with Gasteiger partial charge in [0.25, 0.3) is 0 Å². The SMILES string of the molecule is CSCC[C@H](N)C(=O)Nc1c(C)cccc1C(C)C. The molecule has 3 nitrogen and oxygen atoms in total. The van der Waals surface area contributed by atoms with Gasteiger partial charge in [-0.25, -0.2) is 0 Å². The van der Waals surface area contributed by atoms with Gasteiger partial charge in [-0.3, -0.25) is 4.79 Å². The lowest BCUT2D eigenvalue weighted by Gasteiger charge is -2.18. The smallest absolute Gasteiger partial charge is 0.241 e. The minimum absolute atomic E-state index is 0.0924. The Hall–Kier alpha value is -1.00. The molecule has 1 amide bonds. The van der Waals surface area contributed by atoms with Gasteiger partial charge in [-0.2, -0.15) is 11.8 Å². The maximum atomic E-state index is 12.1. The average Bonchev–Trinajstić information content (AvgIpc) is 2.37. The molecule has 0 saturated carbocycles. The first-order chi connectivity index (χ1) is 8.97. The first kappa shape index (κ1) is 16.1. The summed E-state index contributed by atoms with van der Waals surface area (Å²) < 4.78 is 0. The van der Waals surface area contributed by atoms with E-state index in [0.717, 1.165) is 22.6 Å². The van der Waals surface area contributed by atoms with Crippen LogP contribution in [-0.4, -0.2) is 24.0 Å². The van der Waals surface area contributed by atoms with Crippen molar-refractivity contribution < 1.29 is 4.79 Å². The van der Waals surface area contributed by atoms with E-state index in [2.05, 4.69) is 25.2 Å². The zero-order valence-corrected chi connectivity index (χ0v) is 13.0. The van der Waals surface area contributed by atoms with Crippen LogP contribution < -0.4 is 11.1 Å². The average molecular weight is 280 g/mol. The van der Waals surface area contributed by atoms with Crippen molar-refractivity contribution in [1.82, 2.24) is 0 Å². The summed E-state index contributed by atoms with van der Waals surface area (Å²) in [6.07, 6.45) is 2.72. The molecule has 106 valence electrons. The van der Waals surface area contributed by atoms with Crippen molar-refractivity contribution in [2.75, 3.05) is 17.3 Å². The van der Waals surface area contributed by atoms with Crippen LogP contribution in [0.25, 0.3) is 0 Å². The zero-order valence-electron chi connectivity index (χ0n) is 12.2. The van der Waals surface area contributed by atoms with Gasteiger partial charge in [0.1, 0.15) is 0 Å². The van der Waals surface area contributed by atoms with Gasteiger partial charge in [0.2, 0.25) is 5.91 Å². The van der Waals surface area contributed by atoms with Crippen LogP contribution in [0.2, 0.25) is 0 Å². The second-order valence-electron chi connectivity index (χ2n) is 5.07. The quantitative estimate of drug-likeness (QED) is 0.841. The highest BCUT2D eigenvalue weighted by Crippen LogP contribution is 2.27. The number of carbonyl (C=O) groups is 1. The summed E-state index contributed by atoms with van der Waals surface area (Å²) in [6.45, 7) is 6.26. The molecule has 0 heterocycles. The lowest BCUT2D eigenvalue weighted by molar-refractivity contribution is -0.117. The number of carbonyl (C=O) groups excluding carboxylic acids is 1. The molecule has 0 radical (unpaired) electrons. The van der Waals surface area contributed by atoms with Gasteiger partial charge >= 0.3 is 0 Å². The first-order valence-electron chi connectivity index (χ1n) is 6.62. The molecule has 1 aromatic carbocycles. The summed E-state index contributed by atoms with van der Waals surface area (Å²) in [5, 5.41) is 3.00. The summed E-state index contributed by atoms with van der Waals surface area (Å²) >= 11 is 1.70. The molecule has 0 fully saturated rings. The second kappa shape index (κ2) is 7.56. The molecule has 0 aliphatic rings. The number of rotatable bonds is 6. The Kier molecular flexibility index (Phi) is 6.38. The maximum Gasteiger partial charge on any atom is 0.241 e. The Morgan fingerprint density at radius 3 is 2.68 bits per heavy atom.